The minimum absolute atomic E-state index is 0.0132. The number of hydrogen-bond donors (Lipinski definition) is 1. The van der Waals surface area contributed by atoms with Gasteiger partial charge in [-0.25, -0.2) is 4.79 Å². The lowest BCUT2D eigenvalue weighted by molar-refractivity contribution is -0.150. The number of carbonyl (C=O) groups is 2. The second-order valence-electron chi connectivity index (χ2n) is 5.06. The Morgan fingerprint density at radius 3 is 2.29 bits per heavy atom. The SMILES string of the molecule is CCCN(C)C(=O)N1CCC(C)(C(=O)O)CC1. The smallest absolute Gasteiger partial charge is 0.319 e. The van der Waals surface area contributed by atoms with Gasteiger partial charge in [0, 0.05) is 26.7 Å². The summed E-state index contributed by atoms with van der Waals surface area (Å²) in [4.78, 5) is 26.5. The predicted molar refractivity (Wildman–Crippen MR) is 64.9 cm³/mol. The Kier molecular flexibility index (Phi) is 4.37. The van der Waals surface area contributed by atoms with Gasteiger partial charge in [-0.2, -0.15) is 0 Å². The van der Waals surface area contributed by atoms with Crippen LogP contribution in [0.2, 0.25) is 0 Å². The van der Waals surface area contributed by atoms with Gasteiger partial charge in [-0.15, -0.1) is 0 Å². The molecule has 0 aromatic carbocycles. The molecule has 1 aliphatic heterocycles. The number of piperidine rings is 1. The number of amides is 2. The van der Waals surface area contributed by atoms with E-state index in [1.807, 2.05) is 6.92 Å². The molecule has 0 atom stereocenters. The zero-order valence-electron chi connectivity index (χ0n) is 10.9. The summed E-state index contributed by atoms with van der Waals surface area (Å²) in [5.74, 6) is -0.758. The molecule has 1 N–H and O–H groups in total. The third-order valence-corrected chi connectivity index (χ3v) is 3.54. The van der Waals surface area contributed by atoms with Crippen LogP contribution >= 0.6 is 0 Å². The summed E-state index contributed by atoms with van der Waals surface area (Å²) in [5, 5.41) is 9.10. The first-order chi connectivity index (χ1) is 7.90. The summed E-state index contributed by atoms with van der Waals surface area (Å²) in [6.07, 6.45) is 2.00. The van der Waals surface area contributed by atoms with E-state index in [1.165, 1.54) is 0 Å². The van der Waals surface area contributed by atoms with Crippen molar-refractivity contribution in [3.63, 3.8) is 0 Å². The quantitative estimate of drug-likeness (QED) is 0.818. The van der Waals surface area contributed by atoms with E-state index in [4.69, 9.17) is 5.11 Å². The van der Waals surface area contributed by atoms with Gasteiger partial charge in [0.25, 0.3) is 0 Å². The standard InChI is InChI=1S/C12H22N2O3/c1-4-7-13(3)11(17)14-8-5-12(2,6-9-14)10(15)16/h4-9H2,1-3H3,(H,15,16). The summed E-state index contributed by atoms with van der Waals surface area (Å²) < 4.78 is 0. The fraction of sp³-hybridized carbons (Fsp3) is 0.833. The molecule has 1 fully saturated rings. The summed E-state index contributed by atoms with van der Waals surface area (Å²) in [6, 6.07) is 0.0132. The van der Waals surface area contributed by atoms with Gasteiger partial charge in [-0.05, 0) is 26.2 Å². The zero-order valence-corrected chi connectivity index (χ0v) is 10.9. The molecule has 0 unspecified atom stereocenters. The van der Waals surface area contributed by atoms with E-state index in [1.54, 1.807) is 23.8 Å². The van der Waals surface area contributed by atoms with Gasteiger partial charge in [0.1, 0.15) is 0 Å². The van der Waals surface area contributed by atoms with Crippen LogP contribution in [0.4, 0.5) is 4.79 Å². The van der Waals surface area contributed by atoms with Crippen LogP contribution < -0.4 is 0 Å². The molecule has 0 saturated carbocycles. The van der Waals surface area contributed by atoms with Crippen molar-refractivity contribution >= 4 is 12.0 Å². The molecule has 0 radical (unpaired) electrons. The van der Waals surface area contributed by atoms with Crippen LogP contribution in [-0.2, 0) is 4.79 Å². The highest BCUT2D eigenvalue weighted by Gasteiger charge is 2.38. The lowest BCUT2D eigenvalue weighted by Gasteiger charge is -2.38. The number of carbonyl (C=O) groups excluding carboxylic acids is 1. The summed E-state index contributed by atoms with van der Waals surface area (Å²) in [7, 11) is 1.79. The number of aliphatic carboxylic acids is 1. The highest BCUT2D eigenvalue weighted by Crippen LogP contribution is 2.31. The molecule has 98 valence electrons. The van der Waals surface area contributed by atoms with E-state index in [-0.39, 0.29) is 6.03 Å². The molecule has 0 aromatic rings. The molecule has 17 heavy (non-hydrogen) atoms. The molecule has 0 spiro atoms. The maximum atomic E-state index is 12.0. The van der Waals surface area contributed by atoms with E-state index >= 15 is 0 Å². The first kappa shape index (κ1) is 13.8. The molecule has 1 heterocycles. The lowest BCUT2D eigenvalue weighted by Crippen LogP contribution is -2.49. The Morgan fingerprint density at radius 1 is 1.35 bits per heavy atom. The molecule has 2 amide bonds. The Morgan fingerprint density at radius 2 is 1.88 bits per heavy atom. The average molecular weight is 242 g/mol. The van der Waals surface area contributed by atoms with Crippen molar-refractivity contribution in [2.75, 3.05) is 26.7 Å². The maximum Gasteiger partial charge on any atom is 0.319 e. The van der Waals surface area contributed by atoms with Crippen molar-refractivity contribution in [2.24, 2.45) is 5.41 Å². The fourth-order valence-electron chi connectivity index (χ4n) is 2.08. The Balaban J connectivity index is 2.52. The van der Waals surface area contributed by atoms with E-state index in [2.05, 4.69) is 0 Å². The minimum Gasteiger partial charge on any atom is -0.481 e. The van der Waals surface area contributed by atoms with Gasteiger partial charge in [0.2, 0.25) is 0 Å². The van der Waals surface area contributed by atoms with E-state index < -0.39 is 11.4 Å². The van der Waals surface area contributed by atoms with Crippen LogP contribution in [0.25, 0.3) is 0 Å². The fourth-order valence-corrected chi connectivity index (χ4v) is 2.08. The zero-order chi connectivity index (χ0) is 13.1. The summed E-state index contributed by atoms with van der Waals surface area (Å²) in [6.45, 7) is 5.60. The van der Waals surface area contributed by atoms with Gasteiger partial charge in [-0.1, -0.05) is 6.92 Å². The van der Waals surface area contributed by atoms with Crippen molar-refractivity contribution < 1.29 is 14.7 Å². The van der Waals surface area contributed by atoms with E-state index in [0.29, 0.717) is 25.9 Å². The number of urea groups is 1. The predicted octanol–water partition coefficient (Wildman–Crippen LogP) is 1.63. The normalized spacial score (nSPS) is 18.9. The highest BCUT2D eigenvalue weighted by atomic mass is 16.4. The lowest BCUT2D eigenvalue weighted by atomic mass is 9.80. The largest absolute Gasteiger partial charge is 0.481 e. The first-order valence-electron chi connectivity index (χ1n) is 6.14. The molecular formula is C12H22N2O3. The number of rotatable bonds is 3. The average Bonchev–Trinajstić information content (AvgIpc) is 2.29. The topological polar surface area (TPSA) is 60.9 Å². The molecule has 1 aliphatic rings. The molecule has 0 bridgehead atoms. The van der Waals surface area contributed by atoms with Crippen LogP contribution in [0.15, 0.2) is 0 Å². The second-order valence-corrected chi connectivity index (χ2v) is 5.06. The van der Waals surface area contributed by atoms with Crippen LogP contribution in [-0.4, -0.2) is 53.6 Å². The number of carboxylic acids is 1. The summed E-state index contributed by atoms with van der Waals surface area (Å²) in [5.41, 5.74) is -0.667. The third kappa shape index (κ3) is 3.11. The highest BCUT2D eigenvalue weighted by molar-refractivity contribution is 5.76. The van der Waals surface area contributed by atoms with E-state index in [0.717, 1.165) is 13.0 Å². The van der Waals surface area contributed by atoms with Crippen molar-refractivity contribution in [1.29, 1.82) is 0 Å². The molecule has 1 saturated heterocycles. The van der Waals surface area contributed by atoms with Crippen LogP contribution in [0.1, 0.15) is 33.1 Å². The molecular weight excluding hydrogens is 220 g/mol. The Bertz CT molecular complexity index is 296. The van der Waals surface area contributed by atoms with Crippen LogP contribution in [0.5, 0.6) is 0 Å². The Hall–Kier alpha value is -1.26. The maximum absolute atomic E-state index is 12.0. The Labute approximate surface area is 102 Å². The van der Waals surface area contributed by atoms with Crippen molar-refractivity contribution in [1.82, 2.24) is 9.80 Å². The minimum atomic E-state index is -0.758. The number of nitrogens with zero attached hydrogens (tertiary/aromatic N) is 2. The monoisotopic (exact) mass is 242 g/mol. The van der Waals surface area contributed by atoms with Gasteiger partial charge < -0.3 is 14.9 Å². The number of carboxylic acid groups (broad SMARTS) is 1. The van der Waals surface area contributed by atoms with Gasteiger partial charge in [-0.3, -0.25) is 4.79 Å². The molecule has 0 aliphatic carbocycles. The molecule has 5 nitrogen and oxygen atoms in total. The molecule has 5 heteroatoms. The van der Waals surface area contributed by atoms with Crippen LogP contribution in [0, 0.1) is 5.41 Å². The second kappa shape index (κ2) is 5.38. The molecule has 0 aromatic heterocycles. The van der Waals surface area contributed by atoms with E-state index in [9.17, 15) is 9.59 Å². The number of hydrogen-bond acceptors (Lipinski definition) is 2. The van der Waals surface area contributed by atoms with Gasteiger partial charge in [0.15, 0.2) is 0 Å². The van der Waals surface area contributed by atoms with Crippen molar-refractivity contribution in [3.8, 4) is 0 Å². The first-order valence-corrected chi connectivity index (χ1v) is 6.14. The van der Waals surface area contributed by atoms with Crippen molar-refractivity contribution in [2.45, 2.75) is 33.1 Å². The van der Waals surface area contributed by atoms with Crippen LogP contribution in [0.3, 0.4) is 0 Å². The van der Waals surface area contributed by atoms with Gasteiger partial charge in [0.05, 0.1) is 5.41 Å². The van der Waals surface area contributed by atoms with Crippen molar-refractivity contribution in [3.05, 3.63) is 0 Å². The molecule has 1 rings (SSSR count). The number of likely N-dealkylation sites (tertiary alicyclic amines) is 1. The third-order valence-electron chi connectivity index (χ3n) is 3.54. The summed E-state index contributed by atoms with van der Waals surface area (Å²) >= 11 is 0. The van der Waals surface area contributed by atoms with Gasteiger partial charge >= 0.3 is 12.0 Å².